The monoisotopic (exact) mass is 262 g/mol. The average Bonchev–Trinajstić information content (AvgIpc) is 3.01. The zero-order valence-electron chi connectivity index (χ0n) is 11.7. The van der Waals surface area contributed by atoms with Gasteiger partial charge in [0.15, 0.2) is 0 Å². The topological polar surface area (TPSA) is 9.23 Å². The molecule has 0 N–H and O–H groups in total. The predicted octanol–water partition coefficient (Wildman–Crippen LogP) is 4.79. The standard InChI is InChI=1S/C19H18O/c1-20-19-17(14-15-8-5-6-9-15)12-7-13-18(19)16-10-3-2-4-11-16/h2-5,7-13H,6,14H2,1H3. The molecule has 2 aromatic rings. The predicted molar refractivity (Wildman–Crippen MR) is 84.0 cm³/mol. The van der Waals surface area contributed by atoms with Crippen LogP contribution in [0.1, 0.15) is 12.0 Å². The largest absolute Gasteiger partial charge is 0.496 e. The van der Waals surface area contributed by atoms with E-state index in [2.05, 4.69) is 60.7 Å². The van der Waals surface area contributed by atoms with Gasteiger partial charge >= 0.3 is 0 Å². The third kappa shape index (κ3) is 2.53. The summed E-state index contributed by atoms with van der Waals surface area (Å²) in [6.45, 7) is 0. The summed E-state index contributed by atoms with van der Waals surface area (Å²) in [6, 6.07) is 16.8. The van der Waals surface area contributed by atoms with Crippen LogP contribution in [0.4, 0.5) is 0 Å². The molecule has 0 amide bonds. The van der Waals surface area contributed by atoms with E-state index < -0.39 is 0 Å². The highest BCUT2D eigenvalue weighted by Crippen LogP contribution is 2.34. The minimum atomic E-state index is 0.931. The number of hydrogen-bond acceptors (Lipinski definition) is 1. The summed E-state index contributed by atoms with van der Waals surface area (Å²) < 4.78 is 5.69. The normalized spacial score (nSPS) is 13.3. The molecule has 0 bridgehead atoms. The van der Waals surface area contributed by atoms with E-state index in [1.165, 1.54) is 16.7 Å². The van der Waals surface area contributed by atoms with Crippen LogP contribution in [0.15, 0.2) is 72.3 Å². The number of benzene rings is 2. The highest BCUT2D eigenvalue weighted by molar-refractivity contribution is 5.72. The molecular formula is C19H18O. The molecule has 0 aliphatic heterocycles. The molecule has 1 aliphatic rings. The van der Waals surface area contributed by atoms with Gasteiger partial charge in [0.05, 0.1) is 7.11 Å². The Kier molecular flexibility index (Phi) is 3.69. The van der Waals surface area contributed by atoms with Crippen LogP contribution in [0.3, 0.4) is 0 Å². The number of ether oxygens (including phenoxy) is 1. The summed E-state index contributed by atoms with van der Waals surface area (Å²) in [5, 5.41) is 0. The van der Waals surface area contributed by atoms with Gasteiger partial charge in [-0.2, -0.15) is 0 Å². The second-order valence-corrected chi connectivity index (χ2v) is 4.96. The molecule has 0 saturated heterocycles. The molecule has 0 aromatic heterocycles. The molecule has 0 heterocycles. The van der Waals surface area contributed by atoms with E-state index in [1.54, 1.807) is 7.11 Å². The van der Waals surface area contributed by atoms with Gasteiger partial charge in [-0.15, -0.1) is 0 Å². The van der Waals surface area contributed by atoms with Gasteiger partial charge in [0.1, 0.15) is 5.75 Å². The molecule has 0 fully saturated rings. The Bertz CT molecular complexity index is 651. The van der Waals surface area contributed by atoms with Crippen molar-refractivity contribution >= 4 is 0 Å². The SMILES string of the molecule is COc1c(CC2=CCC=C2)cccc1-c1ccccc1. The minimum Gasteiger partial charge on any atom is -0.496 e. The minimum absolute atomic E-state index is 0.931. The average molecular weight is 262 g/mol. The fraction of sp³-hybridized carbons (Fsp3) is 0.158. The van der Waals surface area contributed by atoms with Crippen LogP contribution in [-0.4, -0.2) is 7.11 Å². The van der Waals surface area contributed by atoms with Crippen molar-refractivity contribution in [2.45, 2.75) is 12.8 Å². The second kappa shape index (κ2) is 5.79. The van der Waals surface area contributed by atoms with Crippen LogP contribution in [0, 0.1) is 0 Å². The van der Waals surface area contributed by atoms with Crippen molar-refractivity contribution in [3.63, 3.8) is 0 Å². The Balaban J connectivity index is 2.01. The fourth-order valence-corrected chi connectivity index (χ4v) is 2.67. The first kappa shape index (κ1) is 12.7. The number of methoxy groups -OCH3 is 1. The maximum atomic E-state index is 5.69. The van der Waals surface area contributed by atoms with Crippen molar-refractivity contribution in [1.82, 2.24) is 0 Å². The molecule has 100 valence electrons. The summed E-state index contributed by atoms with van der Waals surface area (Å²) in [4.78, 5) is 0. The Morgan fingerprint density at radius 1 is 1.00 bits per heavy atom. The number of allylic oxidation sites excluding steroid dienone is 4. The number of para-hydroxylation sites is 1. The van der Waals surface area contributed by atoms with E-state index in [9.17, 15) is 0 Å². The summed E-state index contributed by atoms with van der Waals surface area (Å²) >= 11 is 0. The third-order valence-corrected chi connectivity index (χ3v) is 3.63. The highest BCUT2D eigenvalue weighted by atomic mass is 16.5. The van der Waals surface area contributed by atoms with Crippen LogP contribution in [-0.2, 0) is 6.42 Å². The van der Waals surface area contributed by atoms with Crippen LogP contribution in [0.25, 0.3) is 11.1 Å². The summed E-state index contributed by atoms with van der Waals surface area (Å²) in [5.41, 5.74) is 4.97. The molecule has 0 atom stereocenters. The maximum absolute atomic E-state index is 5.69. The van der Waals surface area contributed by atoms with Crippen molar-refractivity contribution in [3.05, 3.63) is 77.9 Å². The first-order valence-electron chi connectivity index (χ1n) is 6.95. The Hall–Kier alpha value is -2.28. The lowest BCUT2D eigenvalue weighted by atomic mass is 9.98. The van der Waals surface area contributed by atoms with Gasteiger partial charge in [0.25, 0.3) is 0 Å². The van der Waals surface area contributed by atoms with Crippen LogP contribution >= 0.6 is 0 Å². The molecule has 1 aliphatic carbocycles. The molecule has 1 heteroatoms. The van der Waals surface area contributed by atoms with E-state index in [-0.39, 0.29) is 0 Å². The molecule has 20 heavy (non-hydrogen) atoms. The Labute approximate surface area is 120 Å². The molecule has 3 rings (SSSR count). The van der Waals surface area contributed by atoms with Crippen LogP contribution in [0.2, 0.25) is 0 Å². The second-order valence-electron chi connectivity index (χ2n) is 4.96. The summed E-state index contributed by atoms with van der Waals surface area (Å²) in [6.07, 6.45) is 8.66. The Morgan fingerprint density at radius 2 is 1.85 bits per heavy atom. The first-order valence-corrected chi connectivity index (χ1v) is 6.95. The molecule has 1 nitrogen and oxygen atoms in total. The van der Waals surface area contributed by atoms with E-state index in [1.807, 2.05) is 6.07 Å². The van der Waals surface area contributed by atoms with E-state index in [0.717, 1.165) is 24.2 Å². The Morgan fingerprint density at radius 3 is 2.55 bits per heavy atom. The summed E-state index contributed by atoms with van der Waals surface area (Å²) in [5.74, 6) is 0.986. The van der Waals surface area contributed by atoms with Gasteiger partial charge in [0, 0.05) is 12.0 Å². The lowest BCUT2D eigenvalue weighted by molar-refractivity contribution is 0.412. The zero-order valence-corrected chi connectivity index (χ0v) is 11.7. The van der Waals surface area contributed by atoms with Crippen molar-refractivity contribution in [2.24, 2.45) is 0 Å². The lowest BCUT2D eigenvalue weighted by Gasteiger charge is -2.14. The first-order chi connectivity index (χ1) is 9.88. The highest BCUT2D eigenvalue weighted by Gasteiger charge is 2.11. The zero-order chi connectivity index (χ0) is 13.8. The maximum Gasteiger partial charge on any atom is 0.130 e. The van der Waals surface area contributed by atoms with Crippen molar-refractivity contribution < 1.29 is 4.74 Å². The van der Waals surface area contributed by atoms with E-state index in [0.29, 0.717) is 0 Å². The molecular weight excluding hydrogens is 244 g/mol. The van der Waals surface area contributed by atoms with Gasteiger partial charge in [-0.3, -0.25) is 0 Å². The fourth-order valence-electron chi connectivity index (χ4n) is 2.67. The van der Waals surface area contributed by atoms with Gasteiger partial charge in [-0.05, 0) is 23.1 Å². The van der Waals surface area contributed by atoms with Crippen molar-refractivity contribution in [1.29, 1.82) is 0 Å². The van der Waals surface area contributed by atoms with Gasteiger partial charge in [0.2, 0.25) is 0 Å². The van der Waals surface area contributed by atoms with E-state index >= 15 is 0 Å². The van der Waals surface area contributed by atoms with E-state index in [4.69, 9.17) is 4.74 Å². The smallest absolute Gasteiger partial charge is 0.130 e. The van der Waals surface area contributed by atoms with Crippen molar-refractivity contribution in [2.75, 3.05) is 7.11 Å². The molecule has 0 unspecified atom stereocenters. The lowest BCUT2D eigenvalue weighted by Crippen LogP contribution is -1.96. The molecule has 0 spiro atoms. The third-order valence-electron chi connectivity index (χ3n) is 3.63. The van der Waals surface area contributed by atoms with Crippen LogP contribution in [0.5, 0.6) is 5.75 Å². The quantitative estimate of drug-likeness (QED) is 0.769. The van der Waals surface area contributed by atoms with Crippen LogP contribution < -0.4 is 4.74 Å². The van der Waals surface area contributed by atoms with Gasteiger partial charge < -0.3 is 4.74 Å². The number of hydrogen-bond donors (Lipinski definition) is 0. The molecule has 0 saturated carbocycles. The number of rotatable bonds is 4. The molecule has 0 radical (unpaired) electrons. The molecule has 2 aromatic carbocycles. The summed E-state index contributed by atoms with van der Waals surface area (Å²) in [7, 11) is 1.75. The van der Waals surface area contributed by atoms with Gasteiger partial charge in [-0.25, -0.2) is 0 Å². The van der Waals surface area contributed by atoms with Crippen molar-refractivity contribution in [3.8, 4) is 16.9 Å². The van der Waals surface area contributed by atoms with Gasteiger partial charge in [-0.1, -0.05) is 66.8 Å².